The summed E-state index contributed by atoms with van der Waals surface area (Å²) in [6.07, 6.45) is 2.57. The molecule has 2 rings (SSSR count). The average molecular weight is 168 g/mol. The molecule has 0 spiro atoms. The van der Waals surface area contributed by atoms with Crippen molar-refractivity contribution in [2.45, 2.75) is 25.8 Å². The Bertz CT molecular complexity index is 187. The molecule has 1 saturated carbocycles. The van der Waals surface area contributed by atoms with Crippen molar-refractivity contribution < 1.29 is 4.79 Å². The summed E-state index contributed by atoms with van der Waals surface area (Å²) in [5, 5.41) is 2.85. The van der Waals surface area contributed by atoms with E-state index in [2.05, 4.69) is 17.1 Å². The number of nitrogens with one attached hydrogen (secondary N) is 1. The summed E-state index contributed by atoms with van der Waals surface area (Å²) in [6.45, 7) is 4.78. The Morgan fingerprint density at radius 2 is 2.25 bits per heavy atom. The lowest BCUT2D eigenvalue weighted by Crippen LogP contribution is -2.54. The fourth-order valence-corrected chi connectivity index (χ4v) is 2.13. The summed E-state index contributed by atoms with van der Waals surface area (Å²) in [4.78, 5) is 13.4. The molecule has 1 N–H and O–H groups in total. The Labute approximate surface area is 73.1 Å². The van der Waals surface area contributed by atoms with Gasteiger partial charge in [0, 0.05) is 19.1 Å². The minimum atomic E-state index is 0.195. The number of hydrogen-bond donors (Lipinski definition) is 1. The van der Waals surface area contributed by atoms with E-state index >= 15 is 0 Å². The van der Waals surface area contributed by atoms with Gasteiger partial charge in [0.1, 0.15) is 0 Å². The highest BCUT2D eigenvalue weighted by molar-refractivity contribution is 5.78. The minimum absolute atomic E-state index is 0.195. The van der Waals surface area contributed by atoms with Crippen molar-refractivity contribution in [3.05, 3.63) is 0 Å². The molecule has 0 atom stereocenters. The molecule has 1 heterocycles. The number of amides is 1. The van der Waals surface area contributed by atoms with Crippen LogP contribution in [0.5, 0.6) is 0 Å². The Morgan fingerprint density at radius 3 is 2.83 bits per heavy atom. The maximum atomic E-state index is 11.0. The Morgan fingerprint density at radius 1 is 1.50 bits per heavy atom. The predicted octanol–water partition coefficient (Wildman–Crippen LogP) is 0.217. The fourth-order valence-electron chi connectivity index (χ4n) is 2.13. The van der Waals surface area contributed by atoms with E-state index in [0.29, 0.717) is 12.6 Å². The highest BCUT2D eigenvalue weighted by atomic mass is 16.2. The standard InChI is InChI=1S/C9H16N2O/c1-7-4-8(5-7)11-3-2-10-9(12)6-11/h7-8H,2-6H2,1H3,(H,10,12). The van der Waals surface area contributed by atoms with Crippen LogP contribution in [0.2, 0.25) is 0 Å². The molecular weight excluding hydrogens is 152 g/mol. The molecule has 1 saturated heterocycles. The molecule has 12 heavy (non-hydrogen) atoms. The van der Waals surface area contributed by atoms with Gasteiger partial charge in [-0.25, -0.2) is 0 Å². The first-order valence-electron chi connectivity index (χ1n) is 4.76. The van der Waals surface area contributed by atoms with Crippen LogP contribution in [0.15, 0.2) is 0 Å². The summed E-state index contributed by atoms with van der Waals surface area (Å²) in [7, 11) is 0. The van der Waals surface area contributed by atoms with Gasteiger partial charge in [-0.15, -0.1) is 0 Å². The zero-order valence-electron chi connectivity index (χ0n) is 7.55. The molecule has 1 aliphatic heterocycles. The summed E-state index contributed by atoms with van der Waals surface area (Å²) >= 11 is 0. The van der Waals surface area contributed by atoms with E-state index in [1.807, 2.05) is 0 Å². The molecule has 68 valence electrons. The molecule has 1 amide bonds. The largest absolute Gasteiger partial charge is 0.354 e. The van der Waals surface area contributed by atoms with E-state index < -0.39 is 0 Å². The van der Waals surface area contributed by atoms with Gasteiger partial charge < -0.3 is 5.32 Å². The first kappa shape index (κ1) is 8.05. The second-order valence-electron chi connectivity index (χ2n) is 4.05. The van der Waals surface area contributed by atoms with Gasteiger partial charge in [-0.3, -0.25) is 9.69 Å². The number of piperazine rings is 1. The summed E-state index contributed by atoms with van der Waals surface area (Å²) in [5.41, 5.74) is 0. The van der Waals surface area contributed by atoms with Gasteiger partial charge >= 0.3 is 0 Å². The van der Waals surface area contributed by atoms with Gasteiger partial charge in [-0.1, -0.05) is 6.92 Å². The quantitative estimate of drug-likeness (QED) is 0.607. The molecule has 0 aromatic rings. The van der Waals surface area contributed by atoms with E-state index in [1.165, 1.54) is 12.8 Å². The van der Waals surface area contributed by atoms with Crippen molar-refractivity contribution >= 4 is 5.91 Å². The summed E-state index contributed by atoms with van der Waals surface area (Å²) in [6, 6.07) is 0.700. The number of hydrogen-bond acceptors (Lipinski definition) is 2. The van der Waals surface area contributed by atoms with Crippen molar-refractivity contribution in [3.63, 3.8) is 0 Å². The molecular formula is C9H16N2O. The molecule has 0 unspecified atom stereocenters. The number of carbonyl (C=O) groups is 1. The first-order valence-corrected chi connectivity index (χ1v) is 4.76. The molecule has 0 aromatic heterocycles. The third-order valence-electron chi connectivity index (χ3n) is 2.93. The van der Waals surface area contributed by atoms with E-state index in [1.54, 1.807) is 0 Å². The molecule has 2 fully saturated rings. The normalized spacial score (nSPS) is 37.2. The monoisotopic (exact) mass is 168 g/mol. The lowest BCUT2D eigenvalue weighted by Gasteiger charge is -2.42. The highest BCUT2D eigenvalue weighted by Crippen LogP contribution is 2.30. The van der Waals surface area contributed by atoms with Crippen molar-refractivity contribution in [1.82, 2.24) is 10.2 Å². The van der Waals surface area contributed by atoms with Crippen LogP contribution in [0.3, 0.4) is 0 Å². The first-order chi connectivity index (χ1) is 5.75. The van der Waals surface area contributed by atoms with Crippen LogP contribution in [0, 0.1) is 5.92 Å². The molecule has 0 aromatic carbocycles. The molecule has 1 aliphatic carbocycles. The van der Waals surface area contributed by atoms with Gasteiger partial charge in [0.05, 0.1) is 6.54 Å². The lowest BCUT2D eigenvalue weighted by atomic mass is 9.80. The molecule has 0 radical (unpaired) electrons. The van der Waals surface area contributed by atoms with Crippen LogP contribution in [0.1, 0.15) is 19.8 Å². The zero-order chi connectivity index (χ0) is 8.55. The van der Waals surface area contributed by atoms with Crippen LogP contribution in [0.4, 0.5) is 0 Å². The number of nitrogens with zero attached hydrogens (tertiary/aromatic N) is 1. The second kappa shape index (κ2) is 3.05. The Balaban J connectivity index is 1.83. The number of carbonyl (C=O) groups excluding carboxylic acids is 1. The average Bonchev–Trinajstić information content (AvgIpc) is 1.99. The maximum absolute atomic E-state index is 11.0. The Hall–Kier alpha value is -0.570. The van der Waals surface area contributed by atoms with E-state index in [4.69, 9.17) is 0 Å². The van der Waals surface area contributed by atoms with Crippen molar-refractivity contribution in [1.29, 1.82) is 0 Å². The van der Waals surface area contributed by atoms with E-state index in [0.717, 1.165) is 19.0 Å². The van der Waals surface area contributed by atoms with Gasteiger partial charge in [-0.05, 0) is 18.8 Å². The van der Waals surface area contributed by atoms with E-state index in [-0.39, 0.29) is 5.91 Å². The predicted molar refractivity (Wildman–Crippen MR) is 46.8 cm³/mol. The molecule has 3 nitrogen and oxygen atoms in total. The number of rotatable bonds is 1. The molecule has 2 aliphatic rings. The smallest absolute Gasteiger partial charge is 0.234 e. The fraction of sp³-hybridized carbons (Fsp3) is 0.889. The topological polar surface area (TPSA) is 32.3 Å². The van der Waals surface area contributed by atoms with Crippen LogP contribution in [0.25, 0.3) is 0 Å². The van der Waals surface area contributed by atoms with Gasteiger partial charge in [0.15, 0.2) is 0 Å². The van der Waals surface area contributed by atoms with Crippen molar-refractivity contribution in [2.24, 2.45) is 5.92 Å². The van der Waals surface area contributed by atoms with Crippen LogP contribution < -0.4 is 5.32 Å². The lowest BCUT2D eigenvalue weighted by molar-refractivity contribution is -0.125. The van der Waals surface area contributed by atoms with Crippen LogP contribution in [-0.4, -0.2) is 36.5 Å². The van der Waals surface area contributed by atoms with Crippen LogP contribution >= 0.6 is 0 Å². The summed E-state index contributed by atoms with van der Waals surface area (Å²) < 4.78 is 0. The SMILES string of the molecule is CC1CC(N2CCNC(=O)C2)C1. The van der Waals surface area contributed by atoms with Gasteiger partial charge in [0.2, 0.25) is 5.91 Å². The van der Waals surface area contributed by atoms with Crippen molar-refractivity contribution in [3.8, 4) is 0 Å². The maximum Gasteiger partial charge on any atom is 0.234 e. The van der Waals surface area contributed by atoms with E-state index in [9.17, 15) is 4.79 Å². The zero-order valence-corrected chi connectivity index (χ0v) is 7.55. The van der Waals surface area contributed by atoms with Gasteiger partial charge in [-0.2, -0.15) is 0 Å². The minimum Gasteiger partial charge on any atom is -0.354 e. The Kier molecular flexibility index (Phi) is 2.05. The second-order valence-corrected chi connectivity index (χ2v) is 4.05. The molecule has 0 bridgehead atoms. The third-order valence-corrected chi connectivity index (χ3v) is 2.93. The summed E-state index contributed by atoms with van der Waals surface area (Å²) in [5.74, 6) is 1.07. The third kappa shape index (κ3) is 1.46. The highest BCUT2D eigenvalue weighted by Gasteiger charge is 2.32. The molecule has 3 heteroatoms. The van der Waals surface area contributed by atoms with Crippen LogP contribution in [-0.2, 0) is 4.79 Å². The van der Waals surface area contributed by atoms with Crippen molar-refractivity contribution in [2.75, 3.05) is 19.6 Å². The van der Waals surface area contributed by atoms with Gasteiger partial charge in [0.25, 0.3) is 0 Å².